The molecule has 0 aromatic heterocycles. The first-order valence-corrected chi connectivity index (χ1v) is 14.0. The van der Waals surface area contributed by atoms with E-state index in [0.717, 1.165) is 11.6 Å². The Hall–Kier alpha value is -2.70. The molecule has 1 aromatic carbocycles. The second kappa shape index (κ2) is 14.5. The molecule has 1 fully saturated rings. The minimum absolute atomic E-state index is 0.142. The van der Waals surface area contributed by atoms with Gasteiger partial charge >= 0.3 is 5.97 Å². The van der Waals surface area contributed by atoms with Crippen LogP contribution in [0.1, 0.15) is 81.3 Å². The summed E-state index contributed by atoms with van der Waals surface area (Å²) in [6, 6.07) is 1.00. The van der Waals surface area contributed by atoms with Gasteiger partial charge in [0.25, 0.3) is 5.91 Å². The van der Waals surface area contributed by atoms with Crippen LogP contribution in [0.5, 0.6) is 11.5 Å². The molecule has 1 aliphatic heterocycles. The number of rotatable bonds is 14. The van der Waals surface area contributed by atoms with E-state index in [1.807, 2.05) is 20.8 Å². The Labute approximate surface area is 241 Å². The van der Waals surface area contributed by atoms with Crippen molar-refractivity contribution in [3.05, 3.63) is 34.9 Å². The molecule has 0 saturated carbocycles. The predicted molar refractivity (Wildman–Crippen MR) is 152 cm³/mol. The van der Waals surface area contributed by atoms with Gasteiger partial charge in [0, 0.05) is 31.4 Å². The van der Waals surface area contributed by atoms with Gasteiger partial charge in [-0.2, -0.15) is 0 Å². The molecule has 1 heterocycles. The number of aliphatic hydroxyl groups excluding tert-OH is 3. The standard InChI is InChI=1S/C30H47NO10/c1-15(2)8-11-19(32)27(37)31-28(40-7)23-14-24(36)30(5,6)25(41-23)13-20(33)16(3)9-10-18-17(4)21(34)12-22(35)26(18)29(38)39/h12,16,19-20,23-25,28,32-36H,1,8-11,13-14H2,2-7H3,(H,31,37)(H,38,39)/t16-,19-,20-,23-,24+,25+,28+/m0/s1. The molecule has 11 nitrogen and oxygen atoms in total. The molecule has 1 amide bonds. The van der Waals surface area contributed by atoms with Crippen molar-refractivity contribution in [1.82, 2.24) is 5.32 Å². The number of methoxy groups -OCH3 is 1. The van der Waals surface area contributed by atoms with E-state index < -0.39 is 59.8 Å². The summed E-state index contributed by atoms with van der Waals surface area (Å²) in [7, 11) is 1.39. The van der Waals surface area contributed by atoms with Crippen molar-refractivity contribution in [3.63, 3.8) is 0 Å². The number of aliphatic hydroxyl groups is 3. The third kappa shape index (κ3) is 8.65. The van der Waals surface area contributed by atoms with Crippen molar-refractivity contribution in [2.24, 2.45) is 11.3 Å². The number of carbonyl (C=O) groups excluding carboxylic acids is 1. The van der Waals surface area contributed by atoms with Crippen LogP contribution in [-0.4, -0.2) is 86.4 Å². The largest absolute Gasteiger partial charge is 0.508 e. The zero-order chi connectivity index (χ0) is 31.2. The van der Waals surface area contributed by atoms with Crippen molar-refractivity contribution < 1.29 is 49.7 Å². The molecular formula is C30H47NO10. The molecule has 2 rings (SSSR count). The fraction of sp³-hybridized carbons (Fsp3) is 0.667. The van der Waals surface area contributed by atoms with Crippen molar-refractivity contribution in [2.45, 2.75) is 110 Å². The fourth-order valence-electron chi connectivity index (χ4n) is 5.16. The number of amides is 1. The summed E-state index contributed by atoms with van der Waals surface area (Å²) >= 11 is 0. The number of phenolic OH excluding ortho intramolecular Hbond substituents is 1. The highest BCUT2D eigenvalue weighted by atomic mass is 16.6. The summed E-state index contributed by atoms with van der Waals surface area (Å²) in [4.78, 5) is 24.3. The Balaban J connectivity index is 2.11. The molecule has 232 valence electrons. The number of benzene rings is 1. The molecule has 1 saturated heterocycles. The van der Waals surface area contributed by atoms with Crippen LogP contribution in [0.15, 0.2) is 18.2 Å². The van der Waals surface area contributed by atoms with E-state index in [1.165, 1.54) is 7.11 Å². The molecule has 41 heavy (non-hydrogen) atoms. The smallest absolute Gasteiger partial charge is 0.339 e. The molecule has 7 atom stereocenters. The lowest BCUT2D eigenvalue weighted by atomic mass is 9.73. The van der Waals surface area contributed by atoms with Gasteiger partial charge in [-0.15, -0.1) is 6.58 Å². The van der Waals surface area contributed by atoms with Gasteiger partial charge in [0.15, 0.2) is 6.23 Å². The Morgan fingerprint density at radius 2 is 1.85 bits per heavy atom. The summed E-state index contributed by atoms with van der Waals surface area (Å²) in [6.07, 6.45) is -3.77. The van der Waals surface area contributed by atoms with Crippen molar-refractivity contribution >= 4 is 11.9 Å². The Morgan fingerprint density at radius 3 is 2.41 bits per heavy atom. The maximum atomic E-state index is 12.5. The number of hydrogen-bond donors (Lipinski definition) is 7. The summed E-state index contributed by atoms with van der Waals surface area (Å²) < 4.78 is 11.7. The number of aromatic carboxylic acids is 1. The highest BCUT2D eigenvalue weighted by molar-refractivity contribution is 5.93. The minimum Gasteiger partial charge on any atom is -0.508 e. The van der Waals surface area contributed by atoms with Crippen LogP contribution in [-0.2, 0) is 20.7 Å². The van der Waals surface area contributed by atoms with Crippen molar-refractivity contribution in [3.8, 4) is 11.5 Å². The van der Waals surface area contributed by atoms with Gasteiger partial charge in [0.2, 0.25) is 0 Å². The third-order valence-electron chi connectivity index (χ3n) is 8.35. The number of carboxylic acid groups (broad SMARTS) is 1. The Morgan fingerprint density at radius 1 is 1.22 bits per heavy atom. The maximum absolute atomic E-state index is 12.5. The van der Waals surface area contributed by atoms with Gasteiger partial charge in [-0.05, 0) is 56.6 Å². The van der Waals surface area contributed by atoms with E-state index in [2.05, 4.69) is 11.9 Å². The summed E-state index contributed by atoms with van der Waals surface area (Å²) in [5.41, 5.74) is 0.464. The third-order valence-corrected chi connectivity index (χ3v) is 8.35. The number of hydrogen-bond acceptors (Lipinski definition) is 9. The maximum Gasteiger partial charge on any atom is 0.339 e. The van der Waals surface area contributed by atoms with E-state index in [9.17, 15) is 40.2 Å². The topological polar surface area (TPSA) is 186 Å². The molecule has 1 aliphatic rings. The van der Waals surface area contributed by atoms with E-state index in [4.69, 9.17) is 9.47 Å². The lowest BCUT2D eigenvalue weighted by molar-refractivity contribution is -0.215. The number of nitrogens with one attached hydrogen (secondary N) is 1. The van der Waals surface area contributed by atoms with Crippen LogP contribution < -0.4 is 5.32 Å². The highest BCUT2D eigenvalue weighted by Crippen LogP contribution is 2.40. The molecule has 7 N–H and O–H groups in total. The molecular weight excluding hydrogens is 534 g/mol. The lowest BCUT2D eigenvalue weighted by Gasteiger charge is -2.48. The summed E-state index contributed by atoms with van der Waals surface area (Å²) in [5, 5.41) is 64.7. The van der Waals surface area contributed by atoms with Gasteiger partial charge in [-0.3, -0.25) is 4.79 Å². The van der Waals surface area contributed by atoms with E-state index >= 15 is 0 Å². The number of aromatic hydroxyl groups is 2. The van der Waals surface area contributed by atoms with Gasteiger partial charge in [-0.1, -0.05) is 26.3 Å². The second-order valence-electron chi connectivity index (χ2n) is 11.9. The van der Waals surface area contributed by atoms with Gasteiger partial charge < -0.3 is 45.4 Å². The molecule has 0 bridgehead atoms. The molecule has 11 heteroatoms. The number of carboxylic acids is 1. The number of phenols is 2. The first kappa shape index (κ1) is 34.5. The van der Waals surface area contributed by atoms with Gasteiger partial charge in [0.1, 0.15) is 29.3 Å². The van der Waals surface area contributed by atoms with E-state index in [0.29, 0.717) is 24.0 Å². The monoisotopic (exact) mass is 581 g/mol. The number of allylic oxidation sites excluding steroid dienone is 1. The van der Waals surface area contributed by atoms with Crippen LogP contribution in [0.3, 0.4) is 0 Å². The Bertz CT molecular complexity index is 1090. The van der Waals surface area contributed by atoms with Gasteiger partial charge in [-0.25, -0.2) is 4.79 Å². The van der Waals surface area contributed by atoms with E-state index in [-0.39, 0.29) is 42.9 Å². The van der Waals surface area contributed by atoms with Crippen LogP contribution in [0, 0.1) is 18.3 Å². The van der Waals surface area contributed by atoms with Crippen LogP contribution in [0.4, 0.5) is 0 Å². The molecule has 0 aliphatic carbocycles. The highest BCUT2D eigenvalue weighted by Gasteiger charge is 2.47. The molecule has 0 spiro atoms. The van der Waals surface area contributed by atoms with Crippen LogP contribution >= 0.6 is 0 Å². The first-order chi connectivity index (χ1) is 19.0. The summed E-state index contributed by atoms with van der Waals surface area (Å²) in [5.74, 6) is -3.01. The Kier molecular flexibility index (Phi) is 12.2. The predicted octanol–water partition coefficient (Wildman–Crippen LogP) is 2.77. The van der Waals surface area contributed by atoms with E-state index in [1.54, 1.807) is 13.8 Å². The number of carbonyl (C=O) groups is 2. The lowest BCUT2D eigenvalue weighted by Crippen LogP contribution is -2.58. The van der Waals surface area contributed by atoms with Crippen molar-refractivity contribution in [2.75, 3.05) is 7.11 Å². The minimum atomic E-state index is -1.31. The van der Waals surface area contributed by atoms with Crippen LogP contribution in [0.2, 0.25) is 0 Å². The van der Waals surface area contributed by atoms with Crippen molar-refractivity contribution in [1.29, 1.82) is 0 Å². The normalized spacial score (nSPS) is 23.3. The zero-order valence-electron chi connectivity index (χ0n) is 24.9. The fourth-order valence-corrected chi connectivity index (χ4v) is 5.16. The average Bonchev–Trinajstić information content (AvgIpc) is 2.88. The average molecular weight is 582 g/mol. The molecule has 0 unspecified atom stereocenters. The number of ether oxygens (including phenoxy) is 2. The second-order valence-corrected chi connectivity index (χ2v) is 11.9. The molecule has 0 radical (unpaired) electrons. The zero-order valence-corrected chi connectivity index (χ0v) is 24.9. The SMILES string of the molecule is C=C(C)CC[C@H](O)C(=O)N[C@H](OC)[C@@H]1C[C@@H](O)C(C)(C)[C@@H](C[C@H](O)[C@@H](C)CCc2c(C)c(O)cc(O)c2C(=O)O)O1. The summed E-state index contributed by atoms with van der Waals surface area (Å²) in [6.45, 7) is 12.6. The van der Waals surface area contributed by atoms with Gasteiger partial charge in [0.05, 0.1) is 18.3 Å². The first-order valence-electron chi connectivity index (χ1n) is 14.0. The van der Waals surface area contributed by atoms with Crippen LogP contribution in [0.25, 0.3) is 0 Å². The quantitative estimate of drug-likeness (QED) is 0.127. The molecule has 1 aromatic rings.